The number of ether oxygens (including phenoxy) is 2. The van der Waals surface area contributed by atoms with Crippen molar-refractivity contribution in [2.24, 2.45) is 0 Å². The first kappa shape index (κ1) is 21.4. The molecule has 31 heavy (non-hydrogen) atoms. The first-order valence-electron chi connectivity index (χ1n) is 11.3. The predicted molar refractivity (Wildman–Crippen MR) is 122 cm³/mol. The lowest BCUT2D eigenvalue weighted by atomic mass is 10.1. The van der Waals surface area contributed by atoms with E-state index in [0.29, 0.717) is 36.6 Å². The quantitative estimate of drug-likeness (QED) is 0.618. The minimum atomic E-state index is 0.362. The van der Waals surface area contributed by atoms with Crippen molar-refractivity contribution in [1.29, 1.82) is 0 Å². The van der Waals surface area contributed by atoms with Gasteiger partial charge in [-0.15, -0.1) is 0 Å². The SMILES string of the molecule is CCOc1cccnc1N1CCN(CCCCOc2ccc3c(n2)=C(O)CCC=3)CC1. The topological polar surface area (TPSA) is 71.0 Å². The van der Waals surface area contributed by atoms with E-state index in [4.69, 9.17) is 9.47 Å². The molecular weight excluding hydrogens is 392 g/mol. The summed E-state index contributed by atoms with van der Waals surface area (Å²) in [7, 11) is 0. The minimum absolute atomic E-state index is 0.362. The molecule has 1 aliphatic carbocycles. The summed E-state index contributed by atoms with van der Waals surface area (Å²) in [6.45, 7) is 8.34. The maximum absolute atomic E-state index is 10.0. The summed E-state index contributed by atoms with van der Waals surface area (Å²) < 4.78 is 11.6. The number of hydrogen-bond donors (Lipinski definition) is 1. The second-order valence-electron chi connectivity index (χ2n) is 7.92. The number of aliphatic hydroxyl groups excluding tert-OH is 1. The molecule has 0 saturated carbocycles. The zero-order valence-electron chi connectivity index (χ0n) is 18.3. The summed E-state index contributed by atoms with van der Waals surface area (Å²) in [5.41, 5.74) is 0. The lowest BCUT2D eigenvalue weighted by Crippen LogP contribution is -2.47. The number of fused-ring (bicyclic) bond motifs is 1. The van der Waals surface area contributed by atoms with Gasteiger partial charge in [-0.3, -0.25) is 4.90 Å². The molecule has 1 fully saturated rings. The minimum Gasteiger partial charge on any atom is -0.510 e. The molecule has 7 heteroatoms. The first-order valence-corrected chi connectivity index (χ1v) is 11.3. The molecule has 0 bridgehead atoms. The van der Waals surface area contributed by atoms with Crippen LogP contribution in [-0.4, -0.2) is 65.9 Å². The lowest BCUT2D eigenvalue weighted by Gasteiger charge is -2.35. The van der Waals surface area contributed by atoms with Crippen LogP contribution in [0.3, 0.4) is 0 Å². The molecule has 0 atom stereocenters. The Morgan fingerprint density at radius 3 is 2.77 bits per heavy atom. The molecule has 7 nitrogen and oxygen atoms in total. The van der Waals surface area contributed by atoms with Crippen LogP contribution >= 0.6 is 0 Å². The van der Waals surface area contributed by atoms with Crippen molar-refractivity contribution < 1.29 is 14.6 Å². The van der Waals surface area contributed by atoms with Gasteiger partial charge in [0.15, 0.2) is 11.6 Å². The van der Waals surface area contributed by atoms with E-state index in [2.05, 4.69) is 25.8 Å². The zero-order valence-corrected chi connectivity index (χ0v) is 18.3. The van der Waals surface area contributed by atoms with E-state index >= 15 is 0 Å². The third-order valence-electron chi connectivity index (χ3n) is 5.76. The molecule has 1 saturated heterocycles. The molecule has 0 radical (unpaired) electrons. The van der Waals surface area contributed by atoms with Gasteiger partial charge in [-0.2, -0.15) is 0 Å². The second kappa shape index (κ2) is 10.5. The van der Waals surface area contributed by atoms with Crippen LogP contribution in [0, 0.1) is 0 Å². The maximum atomic E-state index is 10.0. The molecule has 3 heterocycles. The Kier molecular flexibility index (Phi) is 7.25. The molecule has 0 aromatic carbocycles. The Labute approximate surface area is 183 Å². The van der Waals surface area contributed by atoms with Crippen LogP contribution in [-0.2, 0) is 0 Å². The number of anilines is 1. The van der Waals surface area contributed by atoms with Crippen molar-refractivity contribution in [2.75, 3.05) is 50.8 Å². The van der Waals surface area contributed by atoms with Gasteiger partial charge in [0.1, 0.15) is 11.1 Å². The molecule has 4 rings (SSSR count). The van der Waals surface area contributed by atoms with Crippen molar-refractivity contribution in [3.8, 4) is 11.6 Å². The summed E-state index contributed by atoms with van der Waals surface area (Å²) in [6.07, 6.45) is 7.53. The van der Waals surface area contributed by atoms with E-state index in [-0.39, 0.29) is 0 Å². The van der Waals surface area contributed by atoms with Gasteiger partial charge in [-0.05, 0) is 56.1 Å². The van der Waals surface area contributed by atoms with Crippen molar-refractivity contribution >= 4 is 17.7 Å². The standard InChI is InChI=1S/C24H32N4O3/c1-2-30-21-9-6-12-25-24(21)28-16-14-27(15-17-28)13-3-4-18-31-22-11-10-19-7-5-8-20(29)23(19)26-22/h6-7,9-12,29H,2-5,8,13-18H2,1H3. The summed E-state index contributed by atoms with van der Waals surface area (Å²) >= 11 is 0. The summed E-state index contributed by atoms with van der Waals surface area (Å²) in [5, 5.41) is 11.7. The number of nitrogens with zero attached hydrogens (tertiary/aromatic N) is 4. The van der Waals surface area contributed by atoms with Crippen molar-refractivity contribution in [2.45, 2.75) is 32.6 Å². The van der Waals surface area contributed by atoms with Gasteiger partial charge in [0.25, 0.3) is 0 Å². The molecule has 1 aliphatic heterocycles. The van der Waals surface area contributed by atoms with Crippen LogP contribution in [0.2, 0.25) is 0 Å². The predicted octanol–water partition coefficient (Wildman–Crippen LogP) is 2.10. The molecule has 0 amide bonds. The average Bonchev–Trinajstić information content (AvgIpc) is 2.80. The summed E-state index contributed by atoms with van der Waals surface area (Å²) in [5.74, 6) is 2.78. The van der Waals surface area contributed by atoms with Gasteiger partial charge in [0.2, 0.25) is 5.88 Å². The van der Waals surface area contributed by atoms with Gasteiger partial charge in [-0.25, -0.2) is 9.97 Å². The monoisotopic (exact) mass is 424 g/mol. The molecule has 0 spiro atoms. The Morgan fingerprint density at radius 1 is 1.06 bits per heavy atom. The van der Waals surface area contributed by atoms with Crippen LogP contribution in [0.5, 0.6) is 11.6 Å². The van der Waals surface area contributed by atoms with Crippen molar-refractivity contribution in [1.82, 2.24) is 14.9 Å². The third kappa shape index (κ3) is 5.47. The van der Waals surface area contributed by atoms with E-state index in [9.17, 15) is 5.11 Å². The van der Waals surface area contributed by atoms with Crippen LogP contribution in [0.25, 0.3) is 11.8 Å². The third-order valence-corrected chi connectivity index (χ3v) is 5.76. The van der Waals surface area contributed by atoms with Crippen molar-refractivity contribution in [3.63, 3.8) is 0 Å². The Balaban J connectivity index is 1.18. The summed E-state index contributed by atoms with van der Waals surface area (Å²) in [6, 6.07) is 7.78. The summed E-state index contributed by atoms with van der Waals surface area (Å²) in [4.78, 5) is 13.8. The van der Waals surface area contributed by atoms with Gasteiger partial charge in [0.05, 0.1) is 13.2 Å². The number of aliphatic hydroxyl groups is 1. The molecule has 166 valence electrons. The van der Waals surface area contributed by atoms with Crippen LogP contribution in [0.1, 0.15) is 32.6 Å². The number of pyridine rings is 2. The lowest BCUT2D eigenvalue weighted by molar-refractivity contribution is 0.235. The Hall–Kier alpha value is -2.80. The van der Waals surface area contributed by atoms with E-state index < -0.39 is 0 Å². The van der Waals surface area contributed by atoms with Gasteiger partial charge < -0.3 is 19.5 Å². The number of aromatic nitrogens is 2. The Morgan fingerprint density at radius 2 is 1.94 bits per heavy atom. The molecule has 2 aromatic rings. The van der Waals surface area contributed by atoms with Gasteiger partial charge >= 0.3 is 0 Å². The highest BCUT2D eigenvalue weighted by molar-refractivity contribution is 5.52. The number of unbranched alkanes of at least 4 members (excludes halogenated alkanes) is 1. The zero-order chi connectivity index (χ0) is 21.5. The molecule has 1 N–H and O–H groups in total. The molecule has 0 unspecified atom stereocenters. The molecule has 2 aliphatic rings. The highest BCUT2D eigenvalue weighted by Crippen LogP contribution is 2.26. The number of rotatable bonds is 9. The molecule has 2 aromatic heterocycles. The van der Waals surface area contributed by atoms with Crippen LogP contribution in [0.4, 0.5) is 5.82 Å². The Bertz CT molecular complexity index is 987. The highest BCUT2D eigenvalue weighted by Gasteiger charge is 2.20. The van der Waals surface area contributed by atoms with Crippen LogP contribution in [0.15, 0.2) is 30.5 Å². The number of piperazine rings is 1. The van der Waals surface area contributed by atoms with Crippen LogP contribution < -0.4 is 24.9 Å². The fraction of sp³-hybridized carbons (Fsp3) is 0.500. The first-order chi connectivity index (χ1) is 15.2. The van der Waals surface area contributed by atoms with Crippen molar-refractivity contribution in [3.05, 3.63) is 41.0 Å². The smallest absolute Gasteiger partial charge is 0.213 e. The van der Waals surface area contributed by atoms with Gasteiger partial charge in [-0.1, -0.05) is 6.08 Å². The molecular formula is C24H32N4O3. The van der Waals surface area contributed by atoms with E-state index in [1.165, 1.54) is 0 Å². The van der Waals surface area contributed by atoms with E-state index in [1.54, 1.807) is 0 Å². The maximum Gasteiger partial charge on any atom is 0.213 e. The van der Waals surface area contributed by atoms with Gasteiger partial charge in [0, 0.05) is 44.9 Å². The normalized spacial score (nSPS) is 16.5. The van der Waals surface area contributed by atoms with E-state index in [1.807, 2.05) is 37.4 Å². The van der Waals surface area contributed by atoms with E-state index in [0.717, 1.165) is 68.8 Å². The highest BCUT2D eigenvalue weighted by atomic mass is 16.5. The second-order valence-corrected chi connectivity index (χ2v) is 7.92. The largest absolute Gasteiger partial charge is 0.510 e. The fourth-order valence-electron chi connectivity index (χ4n) is 4.10. The fourth-order valence-corrected chi connectivity index (χ4v) is 4.10. The number of hydrogen-bond acceptors (Lipinski definition) is 7. The average molecular weight is 425 g/mol.